The van der Waals surface area contributed by atoms with E-state index < -0.39 is 0 Å². The highest BCUT2D eigenvalue weighted by atomic mass is 16.5. The van der Waals surface area contributed by atoms with Crippen LogP contribution < -0.4 is 10.2 Å². The minimum Gasteiger partial charge on any atom is -0.378 e. The number of hydrogen-bond donors (Lipinski definition) is 1. The van der Waals surface area contributed by atoms with E-state index in [0.717, 1.165) is 43.2 Å². The zero-order valence-corrected chi connectivity index (χ0v) is 13.5. The Kier molecular flexibility index (Phi) is 4.57. The van der Waals surface area contributed by atoms with Crippen LogP contribution in [0.4, 0.5) is 11.4 Å². The third kappa shape index (κ3) is 3.51. The second-order valence-electron chi connectivity index (χ2n) is 5.75. The zero-order chi connectivity index (χ0) is 16.2. The molecule has 1 fully saturated rings. The van der Waals surface area contributed by atoms with Crippen LogP contribution in [0.5, 0.6) is 0 Å². The third-order valence-electron chi connectivity index (χ3n) is 4.11. The summed E-state index contributed by atoms with van der Waals surface area (Å²) in [5, 5.41) is 2.93. The highest BCUT2D eigenvalue weighted by molar-refractivity contribution is 6.05. The molecule has 1 aliphatic rings. The first-order chi connectivity index (χ1) is 11.1. The van der Waals surface area contributed by atoms with Gasteiger partial charge in [0.25, 0.3) is 5.91 Å². The summed E-state index contributed by atoms with van der Waals surface area (Å²) < 4.78 is 5.40. The van der Waals surface area contributed by atoms with Gasteiger partial charge in [0.2, 0.25) is 0 Å². The molecule has 0 radical (unpaired) electrons. The number of morpholine rings is 1. The quantitative estimate of drug-likeness (QED) is 0.947. The first-order valence-electron chi connectivity index (χ1n) is 7.80. The number of nitrogens with one attached hydrogen (secondary N) is 1. The van der Waals surface area contributed by atoms with Gasteiger partial charge in [-0.25, -0.2) is 0 Å². The first kappa shape index (κ1) is 15.5. The molecule has 1 saturated heterocycles. The number of benzene rings is 1. The van der Waals surface area contributed by atoms with Gasteiger partial charge in [-0.3, -0.25) is 9.78 Å². The number of rotatable bonds is 3. The maximum Gasteiger partial charge on any atom is 0.255 e. The van der Waals surface area contributed by atoms with Gasteiger partial charge in [-0.05, 0) is 43.2 Å². The Bertz CT molecular complexity index is 709. The molecule has 3 rings (SSSR count). The van der Waals surface area contributed by atoms with Crippen LogP contribution in [-0.2, 0) is 4.74 Å². The summed E-state index contributed by atoms with van der Waals surface area (Å²) in [7, 11) is 0. The molecule has 120 valence electrons. The Morgan fingerprint density at radius 2 is 1.96 bits per heavy atom. The number of carbonyl (C=O) groups excluding carboxylic acids is 1. The smallest absolute Gasteiger partial charge is 0.255 e. The van der Waals surface area contributed by atoms with Crippen molar-refractivity contribution in [1.82, 2.24) is 4.98 Å². The van der Waals surface area contributed by atoms with Gasteiger partial charge >= 0.3 is 0 Å². The van der Waals surface area contributed by atoms with Crippen LogP contribution in [0.1, 0.15) is 21.5 Å². The summed E-state index contributed by atoms with van der Waals surface area (Å²) in [6.07, 6.45) is 3.39. The normalized spacial score (nSPS) is 14.6. The van der Waals surface area contributed by atoms with E-state index in [-0.39, 0.29) is 5.91 Å². The lowest BCUT2D eigenvalue weighted by Crippen LogP contribution is -2.36. The lowest BCUT2D eigenvalue weighted by atomic mass is 10.1. The van der Waals surface area contributed by atoms with Crippen molar-refractivity contribution in [3.05, 3.63) is 53.3 Å². The fraction of sp³-hybridized carbons (Fsp3) is 0.333. The number of anilines is 2. The molecule has 0 spiro atoms. The van der Waals surface area contributed by atoms with Crippen LogP contribution in [-0.4, -0.2) is 37.2 Å². The van der Waals surface area contributed by atoms with Gasteiger partial charge in [0.05, 0.1) is 25.1 Å². The number of nitrogens with zero attached hydrogens (tertiary/aromatic N) is 2. The van der Waals surface area contributed by atoms with Crippen LogP contribution >= 0.6 is 0 Å². The number of hydrogen-bond acceptors (Lipinski definition) is 4. The largest absolute Gasteiger partial charge is 0.378 e. The fourth-order valence-electron chi connectivity index (χ4n) is 2.68. The van der Waals surface area contributed by atoms with Gasteiger partial charge in [0.15, 0.2) is 0 Å². The third-order valence-corrected chi connectivity index (χ3v) is 4.11. The number of ether oxygens (including phenoxy) is 1. The maximum atomic E-state index is 12.5. The molecule has 5 nitrogen and oxygen atoms in total. The van der Waals surface area contributed by atoms with Gasteiger partial charge in [0, 0.05) is 30.5 Å². The monoisotopic (exact) mass is 311 g/mol. The van der Waals surface area contributed by atoms with Crippen LogP contribution in [0.25, 0.3) is 0 Å². The number of aryl methyl sites for hydroxylation is 2. The SMILES string of the molecule is Cc1ccncc1NC(=O)c1ccc(C)c(N2CCOCC2)c1. The molecule has 5 heteroatoms. The molecule has 2 heterocycles. The number of amides is 1. The standard InChI is InChI=1S/C18H21N3O2/c1-13-5-6-19-12-16(13)20-18(22)15-4-3-14(2)17(11-15)21-7-9-23-10-8-21/h3-6,11-12H,7-10H2,1-2H3,(H,20,22). The van der Waals surface area contributed by atoms with Crippen molar-refractivity contribution in [3.63, 3.8) is 0 Å². The number of pyridine rings is 1. The Balaban J connectivity index is 1.82. The van der Waals surface area contributed by atoms with E-state index in [2.05, 4.69) is 22.1 Å². The molecule has 1 aliphatic heterocycles. The molecule has 2 aromatic rings. The molecular weight excluding hydrogens is 290 g/mol. The van der Waals surface area contributed by atoms with Crippen molar-refractivity contribution < 1.29 is 9.53 Å². The van der Waals surface area contributed by atoms with Crippen molar-refractivity contribution in [3.8, 4) is 0 Å². The topological polar surface area (TPSA) is 54.5 Å². The molecule has 0 saturated carbocycles. The predicted molar refractivity (Wildman–Crippen MR) is 91.1 cm³/mol. The van der Waals surface area contributed by atoms with E-state index in [1.165, 1.54) is 5.56 Å². The molecule has 1 aromatic heterocycles. The van der Waals surface area contributed by atoms with E-state index in [0.29, 0.717) is 5.56 Å². The van der Waals surface area contributed by atoms with E-state index in [9.17, 15) is 4.79 Å². The zero-order valence-electron chi connectivity index (χ0n) is 13.5. The minimum absolute atomic E-state index is 0.115. The van der Waals surface area contributed by atoms with E-state index >= 15 is 0 Å². The Hall–Kier alpha value is -2.40. The Morgan fingerprint density at radius 3 is 2.70 bits per heavy atom. The molecule has 0 bridgehead atoms. The first-order valence-corrected chi connectivity index (χ1v) is 7.80. The molecule has 1 N–H and O–H groups in total. The van der Waals surface area contributed by atoms with Crippen LogP contribution in [0.15, 0.2) is 36.7 Å². The summed E-state index contributed by atoms with van der Waals surface area (Å²) in [6.45, 7) is 7.18. The van der Waals surface area contributed by atoms with Crippen molar-refractivity contribution in [1.29, 1.82) is 0 Å². The second kappa shape index (κ2) is 6.79. The van der Waals surface area contributed by atoms with Crippen molar-refractivity contribution in [2.24, 2.45) is 0 Å². The molecule has 1 aromatic carbocycles. The molecule has 1 amide bonds. The summed E-state index contributed by atoms with van der Waals surface area (Å²) >= 11 is 0. The van der Waals surface area contributed by atoms with Gasteiger partial charge in [-0.1, -0.05) is 6.07 Å². The average molecular weight is 311 g/mol. The van der Waals surface area contributed by atoms with Crippen LogP contribution in [0.3, 0.4) is 0 Å². The molecule has 0 unspecified atom stereocenters. The number of aromatic nitrogens is 1. The molecule has 23 heavy (non-hydrogen) atoms. The summed E-state index contributed by atoms with van der Waals surface area (Å²) in [4.78, 5) is 18.9. The predicted octanol–water partition coefficient (Wildman–Crippen LogP) is 2.79. The second-order valence-corrected chi connectivity index (χ2v) is 5.75. The summed E-state index contributed by atoms with van der Waals surface area (Å²) in [5.74, 6) is -0.115. The summed E-state index contributed by atoms with van der Waals surface area (Å²) in [5.41, 5.74) is 4.66. The molecule has 0 aliphatic carbocycles. The summed E-state index contributed by atoms with van der Waals surface area (Å²) in [6, 6.07) is 7.70. The maximum absolute atomic E-state index is 12.5. The van der Waals surface area contributed by atoms with Crippen LogP contribution in [0, 0.1) is 13.8 Å². The number of carbonyl (C=O) groups is 1. The minimum atomic E-state index is -0.115. The fourth-order valence-corrected chi connectivity index (χ4v) is 2.68. The van der Waals surface area contributed by atoms with Crippen molar-refractivity contribution >= 4 is 17.3 Å². The highest BCUT2D eigenvalue weighted by Crippen LogP contribution is 2.23. The lowest BCUT2D eigenvalue weighted by Gasteiger charge is -2.30. The van der Waals surface area contributed by atoms with E-state index in [4.69, 9.17) is 4.74 Å². The van der Waals surface area contributed by atoms with Gasteiger partial charge in [-0.2, -0.15) is 0 Å². The van der Waals surface area contributed by atoms with E-state index in [1.54, 1.807) is 12.4 Å². The molecular formula is C18H21N3O2. The lowest BCUT2D eigenvalue weighted by molar-refractivity contribution is 0.102. The van der Waals surface area contributed by atoms with Crippen molar-refractivity contribution in [2.45, 2.75) is 13.8 Å². The van der Waals surface area contributed by atoms with Gasteiger partial charge in [-0.15, -0.1) is 0 Å². The average Bonchev–Trinajstić information content (AvgIpc) is 2.58. The van der Waals surface area contributed by atoms with Crippen LogP contribution in [0.2, 0.25) is 0 Å². The van der Waals surface area contributed by atoms with Gasteiger partial charge in [0.1, 0.15) is 0 Å². The Morgan fingerprint density at radius 1 is 1.17 bits per heavy atom. The van der Waals surface area contributed by atoms with Gasteiger partial charge < -0.3 is 15.0 Å². The van der Waals surface area contributed by atoms with E-state index in [1.807, 2.05) is 31.2 Å². The van der Waals surface area contributed by atoms with Crippen molar-refractivity contribution in [2.75, 3.05) is 36.5 Å². The highest BCUT2D eigenvalue weighted by Gasteiger charge is 2.16. The molecule has 0 atom stereocenters. The Labute approximate surface area is 136 Å².